The molecule has 20 heavy (non-hydrogen) atoms. The number of hydrogen-bond donors (Lipinski definition) is 1. The standard InChI is InChI=1S/C15H11ClN4/c16-12-5-2-6-13-14(12)20(15(18)19-13)9-11-4-1-3-10(7-11)8-17/h1-7H,9H2,(H2,18,19). The number of nitrogens with zero attached hydrogens (tertiary/aromatic N) is 3. The number of hydrogen-bond acceptors (Lipinski definition) is 3. The molecule has 0 spiro atoms. The molecule has 1 heterocycles. The maximum atomic E-state index is 8.94. The zero-order valence-corrected chi connectivity index (χ0v) is 11.3. The quantitative estimate of drug-likeness (QED) is 0.785. The number of nitrogens with two attached hydrogens (primary N) is 1. The van der Waals surface area contributed by atoms with Crippen molar-refractivity contribution in [3.8, 4) is 6.07 Å². The highest BCUT2D eigenvalue weighted by Gasteiger charge is 2.11. The Morgan fingerprint density at radius 3 is 2.85 bits per heavy atom. The van der Waals surface area contributed by atoms with Gasteiger partial charge in [-0.2, -0.15) is 5.26 Å². The van der Waals surface area contributed by atoms with Crippen LogP contribution < -0.4 is 5.73 Å². The Labute approximate surface area is 121 Å². The van der Waals surface area contributed by atoms with Gasteiger partial charge in [-0.25, -0.2) is 4.98 Å². The zero-order valence-electron chi connectivity index (χ0n) is 10.5. The van der Waals surface area contributed by atoms with Gasteiger partial charge in [0, 0.05) is 0 Å². The molecule has 2 N–H and O–H groups in total. The molecule has 0 saturated heterocycles. The second-order valence-electron chi connectivity index (χ2n) is 4.48. The van der Waals surface area contributed by atoms with E-state index in [-0.39, 0.29) is 0 Å². The van der Waals surface area contributed by atoms with Crippen molar-refractivity contribution in [3.05, 3.63) is 58.6 Å². The number of rotatable bonds is 2. The van der Waals surface area contributed by atoms with E-state index in [1.54, 1.807) is 6.07 Å². The van der Waals surface area contributed by atoms with Crippen LogP contribution in [0, 0.1) is 11.3 Å². The molecule has 4 nitrogen and oxygen atoms in total. The maximum absolute atomic E-state index is 8.94. The maximum Gasteiger partial charge on any atom is 0.201 e. The van der Waals surface area contributed by atoms with E-state index in [1.807, 2.05) is 41.0 Å². The highest BCUT2D eigenvalue weighted by Crippen LogP contribution is 2.26. The van der Waals surface area contributed by atoms with Gasteiger partial charge in [-0.05, 0) is 29.8 Å². The summed E-state index contributed by atoms with van der Waals surface area (Å²) in [5.41, 5.74) is 9.16. The summed E-state index contributed by atoms with van der Waals surface area (Å²) in [6, 6.07) is 15.1. The Kier molecular flexibility index (Phi) is 3.05. The fourth-order valence-corrected chi connectivity index (χ4v) is 2.51. The van der Waals surface area contributed by atoms with Crippen LogP contribution in [0.1, 0.15) is 11.1 Å². The van der Waals surface area contributed by atoms with Crippen LogP contribution >= 0.6 is 11.6 Å². The van der Waals surface area contributed by atoms with Gasteiger partial charge in [0.1, 0.15) is 0 Å². The molecule has 0 atom stereocenters. The summed E-state index contributed by atoms with van der Waals surface area (Å²) < 4.78 is 1.86. The van der Waals surface area contributed by atoms with Crippen LogP contribution in [-0.4, -0.2) is 9.55 Å². The topological polar surface area (TPSA) is 67.6 Å². The molecular weight excluding hydrogens is 272 g/mol. The van der Waals surface area contributed by atoms with Gasteiger partial charge in [0.2, 0.25) is 5.95 Å². The van der Waals surface area contributed by atoms with E-state index in [4.69, 9.17) is 22.6 Å². The van der Waals surface area contributed by atoms with Gasteiger partial charge in [0.25, 0.3) is 0 Å². The number of benzene rings is 2. The minimum atomic E-state index is 0.412. The summed E-state index contributed by atoms with van der Waals surface area (Å²) in [4.78, 5) is 4.30. The molecule has 2 aromatic carbocycles. The van der Waals surface area contributed by atoms with E-state index in [9.17, 15) is 0 Å². The van der Waals surface area contributed by atoms with Gasteiger partial charge in [-0.3, -0.25) is 0 Å². The van der Waals surface area contributed by atoms with E-state index in [2.05, 4.69) is 11.1 Å². The predicted octanol–water partition coefficient (Wildman–Crippen LogP) is 3.19. The highest BCUT2D eigenvalue weighted by atomic mass is 35.5. The van der Waals surface area contributed by atoms with Crippen LogP contribution in [0.2, 0.25) is 5.02 Å². The van der Waals surface area contributed by atoms with Gasteiger partial charge in [0.05, 0.1) is 34.2 Å². The number of para-hydroxylation sites is 1. The van der Waals surface area contributed by atoms with Crippen LogP contribution in [0.15, 0.2) is 42.5 Å². The Morgan fingerprint density at radius 2 is 2.05 bits per heavy atom. The average molecular weight is 283 g/mol. The van der Waals surface area contributed by atoms with Crippen LogP contribution in [0.25, 0.3) is 11.0 Å². The number of nitriles is 1. The number of aromatic nitrogens is 2. The Balaban J connectivity index is 2.11. The molecule has 5 heteroatoms. The van der Waals surface area contributed by atoms with E-state index in [0.29, 0.717) is 23.1 Å². The fourth-order valence-electron chi connectivity index (χ4n) is 2.24. The minimum absolute atomic E-state index is 0.412. The molecule has 1 aromatic heterocycles. The van der Waals surface area contributed by atoms with Crippen molar-refractivity contribution in [1.29, 1.82) is 5.26 Å². The lowest BCUT2D eigenvalue weighted by Gasteiger charge is -2.08. The third kappa shape index (κ3) is 2.09. The molecule has 0 aliphatic rings. The van der Waals surface area contributed by atoms with Crippen molar-refractivity contribution < 1.29 is 0 Å². The van der Waals surface area contributed by atoms with Crippen LogP contribution in [0.5, 0.6) is 0 Å². The second-order valence-corrected chi connectivity index (χ2v) is 4.88. The zero-order chi connectivity index (χ0) is 14.1. The van der Waals surface area contributed by atoms with E-state index in [0.717, 1.165) is 16.6 Å². The van der Waals surface area contributed by atoms with Crippen molar-refractivity contribution in [2.75, 3.05) is 5.73 Å². The third-order valence-electron chi connectivity index (χ3n) is 3.14. The molecule has 0 aliphatic carbocycles. The molecule has 0 bridgehead atoms. The van der Waals surface area contributed by atoms with Gasteiger partial charge >= 0.3 is 0 Å². The summed E-state index contributed by atoms with van der Waals surface area (Å²) in [5, 5.41) is 9.56. The average Bonchev–Trinajstić information content (AvgIpc) is 2.77. The first-order chi connectivity index (χ1) is 9.69. The van der Waals surface area contributed by atoms with E-state index in [1.165, 1.54) is 0 Å². The number of halogens is 1. The normalized spacial score (nSPS) is 10.6. The first kappa shape index (κ1) is 12.5. The summed E-state index contributed by atoms with van der Waals surface area (Å²) >= 11 is 6.23. The summed E-state index contributed by atoms with van der Waals surface area (Å²) in [6.45, 7) is 0.529. The molecule has 98 valence electrons. The molecule has 3 rings (SSSR count). The first-order valence-electron chi connectivity index (χ1n) is 6.08. The molecule has 0 aliphatic heterocycles. The van der Waals surface area contributed by atoms with Gasteiger partial charge in [-0.1, -0.05) is 29.8 Å². The predicted molar refractivity (Wildman–Crippen MR) is 79.4 cm³/mol. The molecule has 0 unspecified atom stereocenters. The Morgan fingerprint density at radius 1 is 1.25 bits per heavy atom. The molecule has 0 saturated carbocycles. The lowest BCUT2D eigenvalue weighted by atomic mass is 10.1. The molecule has 3 aromatic rings. The summed E-state index contributed by atoms with van der Waals surface area (Å²) in [6.07, 6.45) is 0. The van der Waals surface area contributed by atoms with Gasteiger partial charge in [0.15, 0.2) is 0 Å². The Hall–Kier alpha value is -2.51. The number of fused-ring (bicyclic) bond motifs is 1. The lowest BCUT2D eigenvalue weighted by Crippen LogP contribution is -2.05. The molecule has 0 fully saturated rings. The molecule has 0 radical (unpaired) electrons. The second kappa shape index (κ2) is 4.87. The van der Waals surface area contributed by atoms with Crippen molar-refractivity contribution in [1.82, 2.24) is 9.55 Å². The van der Waals surface area contributed by atoms with E-state index >= 15 is 0 Å². The van der Waals surface area contributed by atoms with Crippen molar-refractivity contribution in [3.63, 3.8) is 0 Å². The van der Waals surface area contributed by atoms with Gasteiger partial charge < -0.3 is 10.3 Å². The van der Waals surface area contributed by atoms with Crippen LogP contribution in [0.4, 0.5) is 5.95 Å². The smallest absolute Gasteiger partial charge is 0.201 e. The Bertz CT molecular complexity index is 829. The fraction of sp³-hybridized carbons (Fsp3) is 0.0667. The SMILES string of the molecule is N#Cc1cccc(Cn2c(N)nc3cccc(Cl)c32)c1. The number of anilines is 1. The largest absolute Gasteiger partial charge is 0.369 e. The van der Waals surface area contributed by atoms with Crippen molar-refractivity contribution >= 4 is 28.6 Å². The molecular formula is C15H11ClN4. The van der Waals surface area contributed by atoms with Gasteiger partial charge in [-0.15, -0.1) is 0 Å². The van der Waals surface area contributed by atoms with Crippen LogP contribution in [-0.2, 0) is 6.54 Å². The van der Waals surface area contributed by atoms with Crippen molar-refractivity contribution in [2.45, 2.75) is 6.54 Å². The van der Waals surface area contributed by atoms with Crippen molar-refractivity contribution in [2.24, 2.45) is 0 Å². The number of nitrogen functional groups attached to an aromatic ring is 1. The molecule has 0 amide bonds. The third-order valence-corrected chi connectivity index (χ3v) is 3.45. The van der Waals surface area contributed by atoms with E-state index < -0.39 is 0 Å². The number of imidazole rings is 1. The monoisotopic (exact) mass is 282 g/mol. The summed E-state index contributed by atoms with van der Waals surface area (Å²) in [5.74, 6) is 0.412. The minimum Gasteiger partial charge on any atom is -0.369 e. The first-order valence-corrected chi connectivity index (χ1v) is 6.46. The summed E-state index contributed by atoms with van der Waals surface area (Å²) in [7, 11) is 0. The van der Waals surface area contributed by atoms with Crippen LogP contribution in [0.3, 0.4) is 0 Å². The highest BCUT2D eigenvalue weighted by molar-refractivity contribution is 6.35. The lowest BCUT2D eigenvalue weighted by molar-refractivity contribution is 0.838.